The van der Waals surface area contributed by atoms with E-state index in [2.05, 4.69) is 10.6 Å². The van der Waals surface area contributed by atoms with Gasteiger partial charge in [-0.1, -0.05) is 20.8 Å². The number of hydrogen-bond acceptors (Lipinski definition) is 4. The summed E-state index contributed by atoms with van der Waals surface area (Å²) < 4.78 is 5.25. The Bertz CT molecular complexity index is 549. The molecule has 4 N–H and O–H groups in total. The van der Waals surface area contributed by atoms with Crippen molar-refractivity contribution in [2.24, 2.45) is 11.1 Å². The molecule has 108 valence electrons. The molecular weight excluding hydrogens is 258 g/mol. The Balaban J connectivity index is 2.13. The van der Waals surface area contributed by atoms with E-state index in [1.54, 1.807) is 18.2 Å². The fourth-order valence-electron chi connectivity index (χ4n) is 1.77. The Morgan fingerprint density at radius 3 is 2.80 bits per heavy atom. The van der Waals surface area contributed by atoms with Crippen molar-refractivity contribution in [2.75, 3.05) is 17.2 Å². The number of carbonyl (C=O) groups excluding carboxylic acids is 2. The van der Waals surface area contributed by atoms with Gasteiger partial charge in [-0.3, -0.25) is 9.59 Å². The molecule has 1 atom stereocenters. The molecule has 1 aliphatic heterocycles. The summed E-state index contributed by atoms with van der Waals surface area (Å²) in [4.78, 5) is 23.3. The highest BCUT2D eigenvalue weighted by Crippen LogP contribution is 2.30. The number of rotatable bonds is 2. The molecule has 0 aliphatic carbocycles. The van der Waals surface area contributed by atoms with Gasteiger partial charge in [0.05, 0.1) is 11.7 Å². The molecular formula is C14H19N3O3. The smallest absolute Gasteiger partial charge is 0.262 e. The Kier molecular flexibility index (Phi) is 3.67. The lowest BCUT2D eigenvalue weighted by Gasteiger charge is -2.26. The Hall–Kier alpha value is -2.08. The van der Waals surface area contributed by atoms with Gasteiger partial charge in [-0.05, 0) is 23.6 Å². The second kappa shape index (κ2) is 5.13. The standard InChI is InChI=1S/C14H19N3O3/c1-14(2,3)12(15)13(19)16-8-4-5-10-9(6-8)17-11(18)7-20-10/h4-6,12H,7,15H2,1-3H3,(H,16,19)(H,17,18)/t12-/m0/s1. The van der Waals surface area contributed by atoms with Gasteiger partial charge in [-0.2, -0.15) is 0 Å². The van der Waals surface area contributed by atoms with Crippen molar-refractivity contribution in [1.82, 2.24) is 0 Å². The highest BCUT2D eigenvalue weighted by molar-refractivity contribution is 5.98. The molecule has 0 saturated heterocycles. The molecule has 0 bridgehead atoms. The van der Waals surface area contributed by atoms with Gasteiger partial charge in [0, 0.05) is 5.69 Å². The third kappa shape index (κ3) is 3.08. The van der Waals surface area contributed by atoms with E-state index in [0.717, 1.165) is 0 Å². The number of ether oxygens (including phenoxy) is 1. The van der Waals surface area contributed by atoms with Gasteiger partial charge in [0.2, 0.25) is 5.91 Å². The van der Waals surface area contributed by atoms with E-state index in [-0.39, 0.29) is 23.8 Å². The molecule has 0 spiro atoms. The fraction of sp³-hybridized carbons (Fsp3) is 0.429. The number of nitrogens with two attached hydrogens (primary N) is 1. The third-order valence-electron chi connectivity index (χ3n) is 3.10. The van der Waals surface area contributed by atoms with Gasteiger partial charge in [0.25, 0.3) is 5.91 Å². The minimum atomic E-state index is -0.621. The molecule has 1 aliphatic rings. The zero-order chi connectivity index (χ0) is 14.9. The molecule has 0 fully saturated rings. The maximum atomic E-state index is 12.0. The Morgan fingerprint density at radius 1 is 1.45 bits per heavy atom. The van der Waals surface area contributed by atoms with E-state index in [1.165, 1.54) is 0 Å². The van der Waals surface area contributed by atoms with Gasteiger partial charge in [0.15, 0.2) is 6.61 Å². The second-order valence-corrected chi connectivity index (χ2v) is 5.88. The van der Waals surface area contributed by atoms with Crippen LogP contribution in [0, 0.1) is 5.41 Å². The van der Waals surface area contributed by atoms with Crippen LogP contribution >= 0.6 is 0 Å². The molecule has 1 heterocycles. The predicted octanol–water partition coefficient (Wildman–Crippen LogP) is 1.33. The number of nitrogens with one attached hydrogen (secondary N) is 2. The monoisotopic (exact) mass is 277 g/mol. The van der Waals surface area contributed by atoms with Crippen LogP contribution in [-0.4, -0.2) is 24.5 Å². The summed E-state index contributed by atoms with van der Waals surface area (Å²) in [5.41, 5.74) is 6.69. The molecule has 20 heavy (non-hydrogen) atoms. The van der Waals surface area contributed by atoms with E-state index >= 15 is 0 Å². The summed E-state index contributed by atoms with van der Waals surface area (Å²) in [5.74, 6) is 0.107. The van der Waals surface area contributed by atoms with E-state index < -0.39 is 6.04 Å². The van der Waals surface area contributed by atoms with Crippen LogP contribution in [-0.2, 0) is 9.59 Å². The summed E-state index contributed by atoms with van der Waals surface area (Å²) in [6, 6.07) is 4.44. The van der Waals surface area contributed by atoms with Crippen LogP contribution < -0.4 is 21.1 Å². The van der Waals surface area contributed by atoms with Crippen LogP contribution in [0.2, 0.25) is 0 Å². The summed E-state index contributed by atoms with van der Waals surface area (Å²) in [5, 5.41) is 5.43. The molecule has 2 amide bonds. The second-order valence-electron chi connectivity index (χ2n) is 5.88. The minimum absolute atomic E-state index is 0.00754. The largest absolute Gasteiger partial charge is 0.482 e. The number of carbonyl (C=O) groups is 2. The number of anilines is 2. The maximum absolute atomic E-state index is 12.0. The molecule has 2 rings (SSSR count). The summed E-state index contributed by atoms with van der Waals surface area (Å²) in [6.07, 6.45) is 0. The molecule has 1 aromatic rings. The van der Waals surface area contributed by atoms with E-state index in [1.807, 2.05) is 20.8 Å². The first-order valence-electron chi connectivity index (χ1n) is 6.40. The van der Waals surface area contributed by atoms with Crippen molar-refractivity contribution >= 4 is 23.2 Å². The van der Waals surface area contributed by atoms with Gasteiger partial charge >= 0.3 is 0 Å². The normalized spacial score (nSPS) is 15.7. The van der Waals surface area contributed by atoms with Crippen LogP contribution in [0.4, 0.5) is 11.4 Å². The van der Waals surface area contributed by atoms with Crippen LogP contribution in [0.3, 0.4) is 0 Å². The first-order chi connectivity index (χ1) is 9.27. The Morgan fingerprint density at radius 2 is 2.15 bits per heavy atom. The minimum Gasteiger partial charge on any atom is -0.482 e. The molecule has 1 aromatic carbocycles. The SMILES string of the molecule is CC(C)(C)[C@@H](N)C(=O)Nc1ccc2c(c1)NC(=O)CO2. The van der Waals surface area contributed by atoms with Crippen molar-refractivity contribution in [3.8, 4) is 5.75 Å². The lowest BCUT2D eigenvalue weighted by atomic mass is 9.87. The highest BCUT2D eigenvalue weighted by Gasteiger charge is 2.27. The number of fused-ring (bicyclic) bond motifs is 1. The van der Waals surface area contributed by atoms with Crippen molar-refractivity contribution in [1.29, 1.82) is 0 Å². The van der Waals surface area contributed by atoms with Gasteiger partial charge in [-0.15, -0.1) is 0 Å². The highest BCUT2D eigenvalue weighted by atomic mass is 16.5. The fourth-order valence-corrected chi connectivity index (χ4v) is 1.77. The zero-order valence-corrected chi connectivity index (χ0v) is 11.8. The quantitative estimate of drug-likeness (QED) is 0.760. The molecule has 0 radical (unpaired) electrons. The first-order valence-corrected chi connectivity index (χ1v) is 6.40. The van der Waals surface area contributed by atoms with E-state index in [0.29, 0.717) is 17.1 Å². The van der Waals surface area contributed by atoms with E-state index in [4.69, 9.17) is 10.5 Å². The van der Waals surface area contributed by atoms with Crippen LogP contribution in [0.25, 0.3) is 0 Å². The molecule has 6 nitrogen and oxygen atoms in total. The molecule has 0 aromatic heterocycles. The zero-order valence-electron chi connectivity index (χ0n) is 11.8. The van der Waals surface area contributed by atoms with Crippen LogP contribution in [0.1, 0.15) is 20.8 Å². The molecule has 0 saturated carbocycles. The van der Waals surface area contributed by atoms with Crippen molar-refractivity contribution in [2.45, 2.75) is 26.8 Å². The van der Waals surface area contributed by atoms with Crippen LogP contribution in [0.15, 0.2) is 18.2 Å². The van der Waals surface area contributed by atoms with Crippen molar-refractivity contribution in [3.63, 3.8) is 0 Å². The molecule has 0 unspecified atom stereocenters. The maximum Gasteiger partial charge on any atom is 0.262 e. The number of hydrogen-bond donors (Lipinski definition) is 3. The topological polar surface area (TPSA) is 93.5 Å². The van der Waals surface area contributed by atoms with E-state index in [9.17, 15) is 9.59 Å². The summed E-state index contributed by atoms with van der Waals surface area (Å²) in [6.45, 7) is 5.71. The lowest BCUT2D eigenvalue weighted by Crippen LogP contribution is -2.45. The summed E-state index contributed by atoms with van der Waals surface area (Å²) in [7, 11) is 0. The predicted molar refractivity (Wildman–Crippen MR) is 76.6 cm³/mol. The van der Waals surface area contributed by atoms with Gasteiger partial charge in [0.1, 0.15) is 5.75 Å². The third-order valence-corrected chi connectivity index (χ3v) is 3.10. The molecule has 6 heteroatoms. The van der Waals surface area contributed by atoms with Crippen LogP contribution in [0.5, 0.6) is 5.75 Å². The summed E-state index contributed by atoms with van der Waals surface area (Å²) >= 11 is 0. The first kappa shape index (κ1) is 14.3. The average Bonchev–Trinajstić information content (AvgIpc) is 2.36. The number of benzene rings is 1. The van der Waals surface area contributed by atoms with Gasteiger partial charge in [-0.25, -0.2) is 0 Å². The number of amides is 2. The Labute approximate surface area is 117 Å². The van der Waals surface area contributed by atoms with Gasteiger partial charge < -0.3 is 21.1 Å². The average molecular weight is 277 g/mol. The lowest BCUT2D eigenvalue weighted by molar-refractivity contribution is -0.119. The van der Waals surface area contributed by atoms with Crippen molar-refractivity contribution < 1.29 is 14.3 Å². The van der Waals surface area contributed by atoms with Crippen molar-refractivity contribution in [3.05, 3.63) is 18.2 Å².